The minimum Gasteiger partial charge on any atom is -0.392 e. The third kappa shape index (κ3) is 2.59. The average Bonchev–Trinajstić information content (AvgIpc) is 2.14. The van der Waals surface area contributed by atoms with Crippen molar-refractivity contribution in [2.45, 2.75) is 19.2 Å². The SMILES string of the molecule is OCc1cnc(C(F)(F)F)c(I)c1C(F)F. The summed E-state index contributed by atoms with van der Waals surface area (Å²) in [6.45, 7) is -0.777. The molecule has 0 aromatic carbocycles. The van der Waals surface area contributed by atoms with E-state index in [9.17, 15) is 22.0 Å². The Morgan fingerprint density at radius 1 is 1.38 bits per heavy atom. The number of halogens is 6. The monoisotopic (exact) mass is 353 g/mol. The Morgan fingerprint density at radius 3 is 2.31 bits per heavy atom. The van der Waals surface area contributed by atoms with Crippen molar-refractivity contribution in [1.29, 1.82) is 0 Å². The van der Waals surface area contributed by atoms with Crippen molar-refractivity contribution in [3.8, 4) is 0 Å². The Balaban J connectivity index is 3.44. The number of alkyl halides is 5. The van der Waals surface area contributed by atoms with Gasteiger partial charge in [-0.1, -0.05) is 0 Å². The highest BCUT2D eigenvalue weighted by Gasteiger charge is 2.37. The summed E-state index contributed by atoms with van der Waals surface area (Å²) >= 11 is 1.16. The fourth-order valence-corrected chi connectivity index (χ4v) is 2.12. The van der Waals surface area contributed by atoms with Crippen molar-refractivity contribution >= 4 is 22.6 Å². The number of pyridine rings is 1. The first-order valence-corrected chi connectivity index (χ1v) is 5.00. The van der Waals surface area contributed by atoms with Gasteiger partial charge in [-0.15, -0.1) is 0 Å². The van der Waals surface area contributed by atoms with E-state index in [0.717, 1.165) is 22.6 Å². The minimum atomic E-state index is -4.78. The van der Waals surface area contributed by atoms with E-state index in [1.165, 1.54) is 0 Å². The highest BCUT2D eigenvalue weighted by atomic mass is 127. The number of aromatic nitrogens is 1. The Hall–Kier alpha value is -0.510. The van der Waals surface area contributed by atoms with Crippen LogP contribution in [0, 0.1) is 3.57 Å². The molecule has 16 heavy (non-hydrogen) atoms. The molecular formula is C8H5F5INO. The molecule has 90 valence electrons. The minimum absolute atomic E-state index is 0.299. The van der Waals surface area contributed by atoms with Crippen molar-refractivity contribution in [2.75, 3.05) is 0 Å². The van der Waals surface area contributed by atoms with Gasteiger partial charge in [-0.2, -0.15) is 13.2 Å². The van der Waals surface area contributed by atoms with Crippen LogP contribution in [0.2, 0.25) is 0 Å². The molecule has 1 aromatic rings. The average molecular weight is 353 g/mol. The highest BCUT2D eigenvalue weighted by molar-refractivity contribution is 14.1. The molecule has 0 unspecified atom stereocenters. The quantitative estimate of drug-likeness (QED) is 0.655. The van der Waals surface area contributed by atoms with E-state index in [1.54, 1.807) is 0 Å². The molecule has 1 aromatic heterocycles. The zero-order chi connectivity index (χ0) is 12.5. The maximum atomic E-state index is 12.5. The number of aliphatic hydroxyl groups excluding tert-OH is 1. The molecule has 0 aliphatic rings. The van der Waals surface area contributed by atoms with Gasteiger partial charge in [0.15, 0.2) is 5.69 Å². The van der Waals surface area contributed by atoms with Crippen LogP contribution in [0.4, 0.5) is 22.0 Å². The molecule has 0 saturated carbocycles. The number of hydrogen-bond donors (Lipinski definition) is 1. The van der Waals surface area contributed by atoms with E-state index in [4.69, 9.17) is 5.11 Å². The molecule has 0 saturated heterocycles. The van der Waals surface area contributed by atoms with Gasteiger partial charge in [0.1, 0.15) is 0 Å². The summed E-state index contributed by atoms with van der Waals surface area (Å²) in [7, 11) is 0. The molecule has 0 radical (unpaired) electrons. The summed E-state index contributed by atoms with van der Waals surface area (Å²) in [6, 6.07) is 0. The molecule has 1 rings (SSSR count). The first kappa shape index (κ1) is 13.6. The molecule has 0 amide bonds. The first-order chi connectivity index (χ1) is 7.29. The van der Waals surface area contributed by atoms with E-state index < -0.39 is 34.0 Å². The van der Waals surface area contributed by atoms with Crippen molar-refractivity contribution in [3.05, 3.63) is 26.6 Å². The molecule has 0 fully saturated rings. The van der Waals surface area contributed by atoms with E-state index in [0.29, 0.717) is 6.20 Å². The predicted octanol–water partition coefficient (Wildman–Crippen LogP) is 3.13. The molecule has 0 aliphatic heterocycles. The van der Waals surface area contributed by atoms with Crippen LogP contribution in [0.5, 0.6) is 0 Å². The second-order valence-corrected chi connectivity index (χ2v) is 3.90. The predicted molar refractivity (Wildman–Crippen MR) is 52.8 cm³/mol. The smallest absolute Gasteiger partial charge is 0.392 e. The van der Waals surface area contributed by atoms with Gasteiger partial charge in [0.2, 0.25) is 0 Å². The molecule has 0 atom stereocenters. The molecule has 1 N–H and O–H groups in total. The summed E-state index contributed by atoms with van der Waals surface area (Å²) in [5.74, 6) is 0. The van der Waals surface area contributed by atoms with Gasteiger partial charge in [0.25, 0.3) is 6.43 Å². The Labute approximate surface area is 101 Å². The van der Waals surface area contributed by atoms with Crippen molar-refractivity contribution in [2.24, 2.45) is 0 Å². The number of hydrogen-bond acceptors (Lipinski definition) is 2. The normalized spacial score (nSPS) is 12.2. The summed E-state index contributed by atoms with van der Waals surface area (Å²) in [6.07, 6.45) is -7.25. The second-order valence-electron chi connectivity index (χ2n) is 2.82. The summed E-state index contributed by atoms with van der Waals surface area (Å²) in [5, 5.41) is 8.73. The van der Waals surface area contributed by atoms with Gasteiger partial charge in [0, 0.05) is 17.3 Å². The highest BCUT2D eigenvalue weighted by Crippen LogP contribution is 2.36. The van der Waals surface area contributed by atoms with E-state index in [-0.39, 0.29) is 5.56 Å². The molecule has 2 nitrogen and oxygen atoms in total. The Bertz CT molecular complexity index is 393. The zero-order valence-electron chi connectivity index (χ0n) is 7.52. The molecule has 1 heterocycles. The van der Waals surface area contributed by atoms with Crippen molar-refractivity contribution < 1.29 is 27.1 Å². The van der Waals surface area contributed by atoms with Gasteiger partial charge >= 0.3 is 6.18 Å². The first-order valence-electron chi connectivity index (χ1n) is 3.92. The number of aliphatic hydroxyl groups is 1. The lowest BCUT2D eigenvalue weighted by molar-refractivity contribution is -0.142. The lowest BCUT2D eigenvalue weighted by Gasteiger charge is -2.14. The number of nitrogens with zero attached hydrogens (tertiary/aromatic N) is 1. The van der Waals surface area contributed by atoms with Crippen LogP contribution in [-0.4, -0.2) is 10.1 Å². The van der Waals surface area contributed by atoms with Gasteiger partial charge in [-0.05, 0) is 22.6 Å². The Morgan fingerprint density at radius 2 is 1.94 bits per heavy atom. The Kier molecular flexibility index (Phi) is 4.05. The van der Waals surface area contributed by atoms with Gasteiger partial charge in [0.05, 0.1) is 10.2 Å². The molecule has 0 bridgehead atoms. The van der Waals surface area contributed by atoms with Crippen LogP contribution in [-0.2, 0) is 12.8 Å². The molecular weight excluding hydrogens is 348 g/mol. The third-order valence-corrected chi connectivity index (χ3v) is 2.89. The summed E-state index contributed by atoms with van der Waals surface area (Å²) in [4.78, 5) is 3.04. The standard InChI is InChI=1S/C8H5F5INO/c9-7(10)4-3(2-16)1-15-6(5(4)14)8(11,12)13/h1,7,16H,2H2. The van der Waals surface area contributed by atoms with Crippen molar-refractivity contribution in [3.63, 3.8) is 0 Å². The molecule has 8 heteroatoms. The maximum absolute atomic E-state index is 12.5. The van der Waals surface area contributed by atoms with Crippen LogP contribution in [0.15, 0.2) is 6.20 Å². The summed E-state index contributed by atoms with van der Waals surface area (Å²) in [5.41, 5.74) is -2.47. The van der Waals surface area contributed by atoms with E-state index in [1.807, 2.05) is 0 Å². The van der Waals surface area contributed by atoms with Crippen LogP contribution < -0.4 is 0 Å². The fraction of sp³-hybridized carbons (Fsp3) is 0.375. The maximum Gasteiger partial charge on any atom is 0.434 e. The van der Waals surface area contributed by atoms with Crippen LogP contribution in [0.3, 0.4) is 0 Å². The van der Waals surface area contributed by atoms with Crippen LogP contribution >= 0.6 is 22.6 Å². The molecule has 0 aliphatic carbocycles. The summed E-state index contributed by atoms with van der Waals surface area (Å²) < 4.78 is 61.4. The van der Waals surface area contributed by atoms with Gasteiger partial charge < -0.3 is 5.11 Å². The zero-order valence-corrected chi connectivity index (χ0v) is 9.68. The van der Waals surface area contributed by atoms with Crippen LogP contribution in [0.1, 0.15) is 23.2 Å². The van der Waals surface area contributed by atoms with E-state index in [2.05, 4.69) is 4.98 Å². The van der Waals surface area contributed by atoms with Gasteiger partial charge in [-0.3, -0.25) is 4.98 Å². The third-order valence-electron chi connectivity index (χ3n) is 1.80. The lowest BCUT2D eigenvalue weighted by Crippen LogP contribution is -2.14. The van der Waals surface area contributed by atoms with Gasteiger partial charge in [-0.25, -0.2) is 8.78 Å². The van der Waals surface area contributed by atoms with E-state index >= 15 is 0 Å². The lowest BCUT2D eigenvalue weighted by atomic mass is 10.1. The molecule has 0 spiro atoms. The van der Waals surface area contributed by atoms with Crippen molar-refractivity contribution in [1.82, 2.24) is 4.98 Å². The largest absolute Gasteiger partial charge is 0.434 e. The number of rotatable bonds is 2. The fourth-order valence-electron chi connectivity index (χ4n) is 1.10. The second kappa shape index (κ2) is 4.78. The van der Waals surface area contributed by atoms with Crippen LogP contribution in [0.25, 0.3) is 0 Å². The topological polar surface area (TPSA) is 33.1 Å².